The van der Waals surface area contributed by atoms with Crippen LogP contribution >= 0.6 is 0 Å². The third kappa shape index (κ3) is 3.21. The van der Waals surface area contributed by atoms with E-state index in [1.54, 1.807) is 6.92 Å². The van der Waals surface area contributed by atoms with Gasteiger partial charge in [0.2, 0.25) is 11.7 Å². The van der Waals surface area contributed by atoms with Crippen LogP contribution in [-0.4, -0.2) is 40.1 Å². The third-order valence-corrected chi connectivity index (χ3v) is 3.65. The van der Waals surface area contributed by atoms with Gasteiger partial charge in [0.05, 0.1) is 0 Å². The van der Waals surface area contributed by atoms with E-state index in [0.29, 0.717) is 18.4 Å². The lowest BCUT2D eigenvalue weighted by atomic mass is 10.1. The molecule has 2 heterocycles. The number of hydrogen-bond donors (Lipinski definition) is 1. The molecule has 6 heteroatoms. The summed E-state index contributed by atoms with van der Waals surface area (Å²) in [5.41, 5.74) is 0.920. The second kappa shape index (κ2) is 5.95. The molecule has 1 atom stereocenters. The topological polar surface area (TPSA) is 71.3 Å². The van der Waals surface area contributed by atoms with Crippen molar-refractivity contribution in [2.75, 3.05) is 18.4 Å². The van der Waals surface area contributed by atoms with Gasteiger partial charge in [0.25, 0.3) is 0 Å². The van der Waals surface area contributed by atoms with Gasteiger partial charge < -0.3 is 14.7 Å². The largest absolute Gasteiger partial charge is 0.341 e. The first-order valence-electron chi connectivity index (χ1n) is 7.13. The zero-order valence-electron chi connectivity index (χ0n) is 12.0. The molecule has 0 bridgehead atoms. The molecule has 0 saturated carbocycles. The summed E-state index contributed by atoms with van der Waals surface area (Å²) in [6.07, 6.45) is 1.98. The van der Waals surface area contributed by atoms with Gasteiger partial charge in [-0.1, -0.05) is 35.5 Å². The lowest BCUT2D eigenvalue weighted by Crippen LogP contribution is -2.44. The van der Waals surface area contributed by atoms with E-state index < -0.39 is 0 Å². The highest BCUT2D eigenvalue weighted by Gasteiger charge is 2.22. The second-order valence-corrected chi connectivity index (χ2v) is 5.24. The van der Waals surface area contributed by atoms with Crippen LogP contribution in [0, 0.1) is 0 Å². The lowest BCUT2D eigenvalue weighted by Gasteiger charge is -2.31. The standard InChI is InChI=1S/C15H18N4O2/c1-11(20)19-9-5-8-13(10-19)16-15-17-14(18-21-15)12-6-3-2-4-7-12/h2-4,6-7,13H,5,8-10H2,1H3,(H,16,17,18)/t13-/m0/s1. The van der Waals surface area contributed by atoms with Gasteiger partial charge in [-0.3, -0.25) is 4.79 Å². The Morgan fingerprint density at radius 1 is 1.38 bits per heavy atom. The molecule has 110 valence electrons. The van der Waals surface area contributed by atoms with Crippen molar-refractivity contribution in [1.29, 1.82) is 0 Å². The number of carbonyl (C=O) groups is 1. The Hall–Kier alpha value is -2.37. The average Bonchev–Trinajstić information content (AvgIpc) is 2.97. The molecule has 1 aliphatic heterocycles. The maximum absolute atomic E-state index is 11.4. The molecule has 1 saturated heterocycles. The number of benzene rings is 1. The smallest absolute Gasteiger partial charge is 0.322 e. The van der Waals surface area contributed by atoms with Gasteiger partial charge in [0.15, 0.2) is 0 Å². The van der Waals surface area contributed by atoms with E-state index in [4.69, 9.17) is 4.52 Å². The summed E-state index contributed by atoms with van der Waals surface area (Å²) in [7, 11) is 0. The summed E-state index contributed by atoms with van der Waals surface area (Å²) >= 11 is 0. The first-order chi connectivity index (χ1) is 10.2. The Bertz CT molecular complexity index is 611. The van der Waals surface area contributed by atoms with E-state index in [2.05, 4.69) is 15.5 Å². The molecular weight excluding hydrogens is 268 g/mol. The molecular formula is C15H18N4O2. The molecule has 1 N–H and O–H groups in total. The van der Waals surface area contributed by atoms with E-state index in [0.717, 1.165) is 24.9 Å². The number of rotatable bonds is 3. The highest BCUT2D eigenvalue weighted by molar-refractivity contribution is 5.73. The quantitative estimate of drug-likeness (QED) is 0.936. The fraction of sp³-hybridized carbons (Fsp3) is 0.400. The van der Waals surface area contributed by atoms with Gasteiger partial charge in [-0.2, -0.15) is 4.98 Å². The van der Waals surface area contributed by atoms with Crippen LogP contribution in [0.5, 0.6) is 0 Å². The van der Waals surface area contributed by atoms with Crippen molar-refractivity contribution in [3.63, 3.8) is 0 Å². The Morgan fingerprint density at radius 3 is 2.95 bits per heavy atom. The highest BCUT2D eigenvalue weighted by atomic mass is 16.5. The Morgan fingerprint density at radius 2 is 2.19 bits per heavy atom. The number of anilines is 1. The number of piperidine rings is 1. The fourth-order valence-corrected chi connectivity index (χ4v) is 2.54. The van der Waals surface area contributed by atoms with Crippen molar-refractivity contribution in [2.45, 2.75) is 25.8 Å². The molecule has 3 rings (SSSR count). The van der Waals surface area contributed by atoms with Crippen LogP contribution in [0.25, 0.3) is 11.4 Å². The minimum absolute atomic E-state index is 0.108. The Labute approximate surface area is 123 Å². The Kier molecular flexibility index (Phi) is 3.85. The van der Waals surface area contributed by atoms with E-state index in [-0.39, 0.29) is 11.9 Å². The van der Waals surface area contributed by atoms with E-state index >= 15 is 0 Å². The van der Waals surface area contributed by atoms with Gasteiger partial charge in [-0.25, -0.2) is 0 Å². The molecule has 1 aromatic carbocycles. The first-order valence-corrected chi connectivity index (χ1v) is 7.13. The fourth-order valence-electron chi connectivity index (χ4n) is 2.54. The number of amides is 1. The lowest BCUT2D eigenvalue weighted by molar-refractivity contribution is -0.129. The van der Waals surface area contributed by atoms with Gasteiger partial charge in [0.1, 0.15) is 0 Å². The van der Waals surface area contributed by atoms with Crippen LogP contribution < -0.4 is 5.32 Å². The van der Waals surface area contributed by atoms with Crippen molar-refractivity contribution in [1.82, 2.24) is 15.0 Å². The van der Waals surface area contributed by atoms with Gasteiger partial charge in [-0.05, 0) is 12.8 Å². The van der Waals surface area contributed by atoms with Crippen LogP contribution in [0.1, 0.15) is 19.8 Å². The summed E-state index contributed by atoms with van der Waals surface area (Å²) in [5.74, 6) is 0.675. The van der Waals surface area contributed by atoms with Gasteiger partial charge in [-0.15, -0.1) is 0 Å². The van der Waals surface area contributed by atoms with Crippen LogP contribution in [-0.2, 0) is 4.79 Å². The van der Waals surface area contributed by atoms with Crippen molar-refractivity contribution >= 4 is 11.9 Å². The van der Waals surface area contributed by atoms with Crippen LogP contribution in [0.2, 0.25) is 0 Å². The summed E-state index contributed by atoms with van der Waals surface area (Å²) in [6.45, 7) is 3.10. The van der Waals surface area contributed by atoms with Crippen molar-refractivity contribution in [3.8, 4) is 11.4 Å². The highest BCUT2D eigenvalue weighted by Crippen LogP contribution is 2.19. The van der Waals surface area contributed by atoms with E-state index in [1.165, 1.54) is 0 Å². The van der Waals surface area contributed by atoms with Crippen molar-refractivity contribution in [3.05, 3.63) is 30.3 Å². The second-order valence-electron chi connectivity index (χ2n) is 5.24. The molecule has 1 amide bonds. The minimum Gasteiger partial charge on any atom is -0.341 e. The van der Waals surface area contributed by atoms with Crippen molar-refractivity contribution < 1.29 is 9.32 Å². The van der Waals surface area contributed by atoms with Crippen LogP contribution in [0.3, 0.4) is 0 Å². The van der Waals surface area contributed by atoms with Crippen LogP contribution in [0.15, 0.2) is 34.9 Å². The maximum Gasteiger partial charge on any atom is 0.322 e. The summed E-state index contributed by atoms with van der Waals surface area (Å²) in [6, 6.07) is 10.3. The van der Waals surface area contributed by atoms with E-state index in [1.807, 2.05) is 35.2 Å². The van der Waals surface area contributed by atoms with Crippen molar-refractivity contribution in [2.24, 2.45) is 0 Å². The molecule has 1 aliphatic rings. The number of likely N-dealkylation sites (tertiary alicyclic amines) is 1. The summed E-state index contributed by atoms with van der Waals surface area (Å²) in [4.78, 5) is 17.6. The third-order valence-electron chi connectivity index (χ3n) is 3.65. The Balaban J connectivity index is 1.66. The number of carbonyl (C=O) groups excluding carboxylic acids is 1. The predicted octanol–water partition coefficient (Wildman–Crippen LogP) is 2.16. The number of hydrogen-bond acceptors (Lipinski definition) is 5. The molecule has 0 unspecified atom stereocenters. The molecule has 21 heavy (non-hydrogen) atoms. The molecule has 0 spiro atoms. The van der Waals surface area contributed by atoms with Gasteiger partial charge >= 0.3 is 6.01 Å². The average molecular weight is 286 g/mol. The molecule has 6 nitrogen and oxygen atoms in total. The summed E-state index contributed by atoms with van der Waals surface area (Å²) in [5, 5.41) is 7.20. The normalized spacial score (nSPS) is 18.5. The minimum atomic E-state index is 0.108. The molecule has 0 aliphatic carbocycles. The molecule has 1 fully saturated rings. The molecule has 0 radical (unpaired) electrons. The number of nitrogens with zero attached hydrogens (tertiary/aromatic N) is 3. The number of aromatic nitrogens is 2. The zero-order chi connectivity index (χ0) is 14.7. The molecule has 2 aromatic rings. The monoisotopic (exact) mass is 286 g/mol. The predicted molar refractivity (Wildman–Crippen MR) is 78.6 cm³/mol. The zero-order valence-corrected chi connectivity index (χ0v) is 12.0. The summed E-state index contributed by atoms with van der Waals surface area (Å²) < 4.78 is 5.24. The SMILES string of the molecule is CC(=O)N1CCC[C@H](Nc2nc(-c3ccccc3)no2)C1. The maximum atomic E-state index is 11.4. The van der Waals surface area contributed by atoms with E-state index in [9.17, 15) is 4.79 Å². The van der Waals surface area contributed by atoms with Gasteiger partial charge in [0, 0.05) is 31.6 Å². The first kappa shape index (κ1) is 13.6. The number of nitrogens with one attached hydrogen (secondary N) is 1. The van der Waals surface area contributed by atoms with Crippen LogP contribution in [0.4, 0.5) is 6.01 Å². The molecule has 1 aromatic heterocycles.